The summed E-state index contributed by atoms with van der Waals surface area (Å²) >= 11 is 0. The number of nitrogens with zero attached hydrogens (tertiary/aromatic N) is 1. The van der Waals surface area contributed by atoms with Crippen molar-refractivity contribution in [1.29, 1.82) is 0 Å². The molecule has 1 atom stereocenters. The fraction of sp³-hybridized carbons (Fsp3) is 0.632. The molecule has 1 aliphatic rings. The van der Waals surface area contributed by atoms with Gasteiger partial charge >= 0.3 is 0 Å². The number of rotatable bonds is 5. The lowest BCUT2D eigenvalue weighted by Gasteiger charge is -2.32. The van der Waals surface area contributed by atoms with Gasteiger partial charge in [0.25, 0.3) is 0 Å². The molecule has 0 saturated heterocycles. The zero-order valence-electron chi connectivity index (χ0n) is 15.2. The average Bonchev–Trinajstić information content (AvgIpc) is 2.56. The standard InChI is InChI=1S/C19H29NO3S/c1-14-10-11-15(2)17(12-14)13-24(22,23)16(3)19(21)20(4)18-8-6-5-7-9-18/h10-12,16,18H,5-9,13H2,1-4H3. The van der Waals surface area contributed by atoms with Crippen molar-refractivity contribution < 1.29 is 13.2 Å². The second-order valence-corrected chi connectivity index (χ2v) is 9.44. The van der Waals surface area contributed by atoms with Gasteiger partial charge in [-0.3, -0.25) is 4.79 Å². The third-order valence-electron chi connectivity index (χ3n) is 5.22. The minimum atomic E-state index is -3.53. The highest BCUT2D eigenvalue weighted by Gasteiger charge is 2.33. The Labute approximate surface area is 146 Å². The molecular weight excluding hydrogens is 322 g/mol. The van der Waals surface area contributed by atoms with Crippen LogP contribution in [-0.2, 0) is 20.4 Å². The van der Waals surface area contributed by atoms with Crippen LogP contribution in [0.3, 0.4) is 0 Å². The van der Waals surface area contributed by atoms with E-state index in [9.17, 15) is 13.2 Å². The van der Waals surface area contributed by atoms with Gasteiger partial charge in [0, 0.05) is 13.1 Å². The molecule has 1 aromatic rings. The van der Waals surface area contributed by atoms with Gasteiger partial charge in [0.15, 0.2) is 9.84 Å². The second-order valence-electron chi connectivity index (χ2n) is 7.12. The summed E-state index contributed by atoms with van der Waals surface area (Å²) in [6, 6.07) is 5.98. The number of carbonyl (C=O) groups excluding carboxylic acids is 1. The van der Waals surface area contributed by atoms with E-state index in [-0.39, 0.29) is 17.7 Å². The maximum Gasteiger partial charge on any atom is 0.240 e. The number of aryl methyl sites for hydroxylation is 2. The van der Waals surface area contributed by atoms with Crippen molar-refractivity contribution in [2.24, 2.45) is 0 Å². The topological polar surface area (TPSA) is 54.5 Å². The van der Waals surface area contributed by atoms with Crippen LogP contribution in [0.4, 0.5) is 0 Å². The van der Waals surface area contributed by atoms with Crippen LogP contribution in [-0.4, -0.2) is 37.6 Å². The molecule has 1 saturated carbocycles. The van der Waals surface area contributed by atoms with Crippen LogP contribution in [0.25, 0.3) is 0 Å². The summed E-state index contributed by atoms with van der Waals surface area (Å²) in [5, 5.41) is -0.996. The largest absolute Gasteiger partial charge is 0.342 e. The van der Waals surface area contributed by atoms with Crippen molar-refractivity contribution in [2.45, 2.75) is 69.9 Å². The van der Waals surface area contributed by atoms with Crippen LogP contribution in [0.5, 0.6) is 0 Å². The van der Waals surface area contributed by atoms with E-state index in [0.717, 1.165) is 42.4 Å². The van der Waals surface area contributed by atoms with Crippen molar-refractivity contribution in [3.8, 4) is 0 Å². The number of hydrogen-bond donors (Lipinski definition) is 0. The van der Waals surface area contributed by atoms with E-state index in [1.165, 1.54) is 13.3 Å². The molecule has 24 heavy (non-hydrogen) atoms. The van der Waals surface area contributed by atoms with Crippen molar-refractivity contribution in [2.75, 3.05) is 7.05 Å². The van der Waals surface area contributed by atoms with Gasteiger partial charge in [-0.25, -0.2) is 8.42 Å². The molecule has 2 rings (SSSR count). The quantitative estimate of drug-likeness (QED) is 0.817. The van der Waals surface area contributed by atoms with Crippen molar-refractivity contribution >= 4 is 15.7 Å². The highest BCUT2D eigenvalue weighted by molar-refractivity contribution is 7.92. The van der Waals surface area contributed by atoms with E-state index in [1.54, 1.807) is 11.9 Å². The average molecular weight is 352 g/mol. The Balaban J connectivity index is 2.12. The molecule has 134 valence electrons. The fourth-order valence-corrected chi connectivity index (χ4v) is 4.85. The van der Waals surface area contributed by atoms with Gasteiger partial charge in [0.1, 0.15) is 5.25 Å². The summed E-state index contributed by atoms with van der Waals surface area (Å²) in [6.45, 7) is 5.38. The van der Waals surface area contributed by atoms with E-state index in [2.05, 4.69) is 0 Å². The summed E-state index contributed by atoms with van der Waals surface area (Å²) in [6.07, 6.45) is 5.40. The number of hydrogen-bond acceptors (Lipinski definition) is 3. The van der Waals surface area contributed by atoms with E-state index < -0.39 is 15.1 Å². The molecule has 0 radical (unpaired) electrons. The molecule has 1 aromatic carbocycles. The van der Waals surface area contributed by atoms with E-state index in [4.69, 9.17) is 0 Å². The molecule has 1 aliphatic carbocycles. The lowest BCUT2D eigenvalue weighted by Crippen LogP contribution is -2.45. The van der Waals surface area contributed by atoms with Crippen LogP contribution in [0.1, 0.15) is 55.7 Å². The highest BCUT2D eigenvalue weighted by atomic mass is 32.2. The third-order valence-corrected chi connectivity index (χ3v) is 7.21. The van der Waals surface area contributed by atoms with Crippen molar-refractivity contribution in [3.05, 3.63) is 34.9 Å². The first kappa shape index (κ1) is 19.0. The van der Waals surface area contributed by atoms with E-state index in [0.29, 0.717) is 0 Å². The maximum atomic E-state index is 12.7. The Bertz CT molecular complexity index is 691. The predicted octanol–water partition coefficient (Wildman–Crippen LogP) is 3.40. The molecule has 0 bridgehead atoms. The molecule has 0 spiro atoms. The number of carbonyl (C=O) groups is 1. The summed E-state index contributed by atoms with van der Waals surface area (Å²) in [5.41, 5.74) is 2.77. The SMILES string of the molecule is Cc1ccc(C)c(CS(=O)(=O)C(C)C(=O)N(C)C2CCCCC2)c1. The van der Waals surface area contributed by atoms with Crippen LogP contribution in [0.2, 0.25) is 0 Å². The van der Waals surface area contributed by atoms with Crippen LogP contribution in [0, 0.1) is 13.8 Å². The lowest BCUT2D eigenvalue weighted by molar-refractivity contribution is -0.131. The van der Waals surface area contributed by atoms with Crippen LogP contribution in [0.15, 0.2) is 18.2 Å². The minimum absolute atomic E-state index is 0.0775. The van der Waals surface area contributed by atoms with Crippen molar-refractivity contribution in [1.82, 2.24) is 4.90 Å². The zero-order chi connectivity index (χ0) is 17.9. The van der Waals surface area contributed by atoms with Gasteiger partial charge in [0.2, 0.25) is 5.91 Å². The monoisotopic (exact) mass is 351 g/mol. The Kier molecular flexibility index (Phi) is 6.07. The van der Waals surface area contributed by atoms with Gasteiger partial charge < -0.3 is 4.90 Å². The summed E-state index contributed by atoms with van der Waals surface area (Å²) in [7, 11) is -1.77. The smallest absolute Gasteiger partial charge is 0.240 e. The van der Waals surface area contributed by atoms with Crippen molar-refractivity contribution in [3.63, 3.8) is 0 Å². The molecule has 0 aliphatic heterocycles. The first-order valence-corrected chi connectivity index (χ1v) is 10.5. The molecule has 4 nitrogen and oxygen atoms in total. The number of sulfone groups is 1. The normalized spacial score (nSPS) is 17.5. The molecule has 1 fully saturated rings. The molecule has 0 heterocycles. The molecule has 1 amide bonds. The Hall–Kier alpha value is -1.36. The Morgan fingerprint density at radius 2 is 1.83 bits per heavy atom. The Morgan fingerprint density at radius 1 is 1.21 bits per heavy atom. The fourth-order valence-electron chi connectivity index (χ4n) is 3.39. The minimum Gasteiger partial charge on any atom is -0.342 e. The second kappa shape index (κ2) is 7.68. The van der Waals surface area contributed by atoms with Crippen LogP contribution < -0.4 is 0 Å². The maximum absolute atomic E-state index is 12.7. The molecule has 0 aromatic heterocycles. The molecular formula is C19H29NO3S. The van der Waals surface area contributed by atoms with Crippen LogP contribution >= 0.6 is 0 Å². The predicted molar refractivity (Wildman–Crippen MR) is 97.6 cm³/mol. The molecule has 0 N–H and O–H groups in total. The van der Waals surface area contributed by atoms with Gasteiger partial charge in [-0.2, -0.15) is 0 Å². The summed E-state index contributed by atoms with van der Waals surface area (Å²) < 4.78 is 25.5. The lowest BCUT2D eigenvalue weighted by atomic mass is 9.94. The van der Waals surface area contributed by atoms with E-state index in [1.807, 2.05) is 32.0 Å². The first-order valence-electron chi connectivity index (χ1n) is 8.76. The van der Waals surface area contributed by atoms with E-state index >= 15 is 0 Å². The number of amides is 1. The summed E-state index contributed by atoms with van der Waals surface area (Å²) in [4.78, 5) is 14.3. The zero-order valence-corrected chi connectivity index (χ0v) is 16.0. The molecule has 5 heteroatoms. The molecule has 1 unspecified atom stereocenters. The first-order chi connectivity index (χ1) is 11.2. The highest BCUT2D eigenvalue weighted by Crippen LogP contribution is 2.24. The number of benzene rings is 1. The van der Waals surface area contributed by atoms with Gasteiger partial charge in [0.05, 0.1) is 5.75 Å². The van der Waals surface area contributed by atoms with Gasteiger partial charge in [-0.05, 0) is 44.7 Å². The van der Waals surface area contributed by atoms with Gasteiger partial charge in [-0.1, -0.05) is 43.0 Å². The third kappa shape index (κ3) is 4.38. The summed E-state index contributed by atoms with van der Waals surface area (Å²) in [5.74, 6) is -0.349. The van der Waals surface area contributed by atoms with Gasteiger partial charge in [-0.15, -0.1) is 0 Å². The Morgan fingerprint density at radius 3 is 2.46 bits per heavy atom.